The average Bonchev–Trinajstić information content (AvgIpc) is 2.18. The first-order chi connectivity index (χ1) is 7.47. The lowest BCUT2D eigenvalue weighted by atomic mass is 10.0. The molecule has 0 aliphatic carbocycles. The van der Waals surface area contributed by atoms with Gasteiger partial charge in [0.2, 0.25) is 5.95 Å². The van der Waals surface area contributed by atoms with Gasteiger partial charge < -0.3 is 5.11 Å². The Morgan fingerprint density at radius 3 is 2.62 bits per heavy atom. The van der Waals surface area contributed by atoms with Crippen LogP contribution in [0.3, 0.4) is 0 Å². The first kappa shape index (κ1) is 12.8. The summed E-state index contributed by atoms with van der Waals surface area (Å²) in [5.74, 6) is -2.93. The monoisotopic (exact) mass is 253 g/mol. The summed E-state index contributed by atoms with van der Waals surface area (Å²) in [4.78, 5) is 13.5. The van der Waals surface area contributed by atoms with Crippen molar-refractivity contribution in [3.63, 3.8) is 0 Å². The summed E-state index contributed by atoms with van der Waals surface area (Å²) >= 11 is 5.42. The highest BCUT2D eigenvalue weighted by molar-refractivity contribution is 6.17. The Labute approximate surface area is 93.9 Å². The second kappa shape index (κ2) is 5.16. The summed E-state index contributed by atoms with van der Waals surface area (Å²) in [5, 5.41) is 8.53. The molecule has 0 aliphatic rings. The lowest BCUT2D eigenvalue weighted by Gasteiger charge is -2.10. The van der Waals surface area contributed by atoms with E-state index in [0.29, 0.717) is 0 Å². The molecule has 0 saturated carbocycles. The van der Waals surface area contributed by atoms with Crippen molar-refractivity contribution in [1.29, 1.82) is 0 Å². The molecular formula is C9H7ClF3NO2. The van der Waals surface area contributed by atoms with E-state index in [4.69, 9.17) is 16.7 Å². The highest BCUT2D eigenvalue weighted by Crippen LogP contribution is 2.28. The number of carboxylic acids is 1. The Bertz CT molecular complexity index is 412. The molecule has 7 heteroatoms. The molecule has 0 aromatic carbocycles. The molecule has 0 aliphatic heterocycles. The van der Waals surface area contributed by atoms with E-state index in [0.717, 1.165) is 6.20 Å². The molecule has 1 heterocycles. The minimum Gasteiger partial charge on any atom is -0.481 e. The van der Waals surface area contributed by atoms with Crippen LogP contribution in [0.1, 0.15) is 23.1 Å². The standard InChI is InChI=1S/C9H7ClF3NO2/c10-2-5-4(1-6(15)16)3-14-9(13)7(5)8(11)12/h3,8H,1-2H2,(H,15,16). The van der Waals surface area contributed by atoms with Crippen LogP contribution in [0.25, 0.3) is 0 Å². The number of carboxylic acid groups (broad SMARTS) is 1. The zero-order valence-electron chi connectivity index (χ0n) is 7.88. The van der Waals surface area contributed by atoms with Gasteiger partial charge in [-0.2, -0.15) is 4.39 Å². The highest BCUT2D eigenvalue weighted by Gasteiger charge is 2.22. The highest BCUT2D eigenvalue weighted by atomic mass is 35.5. The maximum atomic E-state index is 13.0. The smallest absolute Gasteiger partial charge is 0.307 e. The zero-order chi connectivity index (χ0) is 12.3. The quantitative estimate of drug-likeness (QED) is 0.663. The molecule has 1 aromatic rings. The fourth-order valence-corrected chi connectivity index (χ4v) is 1.59. The van der Waals surface area contributed by atoms with Gasteiger partial charge in [-0.3, -0.25) is 4.79 Å². The number of aromatic nitrogens is 1. The van der Waals surface area contributed by atoms with Gasteiger partial charge in [0.15, 0.2) is 0 Å². The summed E-state index contributed by atoms with van der Waals surface area (Å²) in [7, 11) is 0. The van der Waals surface area contributed by atoms with Gasteiger partial charge in [-0.05, 0) is 11.1 Å². The van der Waals surface area contributed by atoms with Crippen LogP contribution in [0.5, 0.6) is 0 Å². The van der Waals surface area contributed by atoms with Gasteiger partial charge in [0.05, 0.1) is 12.0 Å². The zero-order valence-corrected chi connectivity index (χ0v) is 8.64. The van der Waals surface area contributed by atoms with Crippen LogP contribution in [0.2, 0.25) is 0 Å². The van der Waals surface area contributed by atoms with Gasteiger partial charge in [0, 0.05) is 12.1 Å². The maximum Gasteiger partial charge on any atom is 0.307 e. The normalized spacial score (nSPS) is 10.8. The summed E-state index contributed by atoms with van der Waals surface area (Å²) in [6, 6.07) is 0. The Morgan fingerprint density at radius 1 is 1.56 bits per heavy atom. The Hall–Kier alpha value is -1.30. The van der Waals surface area contributed by atoms with E-state index < -0.39 is 30.3 Å². The van der Waals surface area contributed by atoms with Crippen molar-refractivity contribution in [3.05, 3.63) is 28.8 Å². The van der Waals surface area contributed by atoms with E-state index >= 15 is 0 Å². The maximum absolute atomic E-state index is 13.0. The molecule has 0 unspecified atom stereocenters. The van der Waals surface area contributed by atoms with E-state index in [1.807, 2.05) is 0 Å². The van der Waals surface area contributed by atoms with Crippen LogP contribution in [0, 0.1) is 5.95 Å². The van der Waals surface area contributed by atoms with Gasteiger partial charge in [-0.1, -0.05) is 0 Å². The van der Waals surface area contributed by atoms with Crippen molar-refractivity contribution in [2.75, 3.05) is 0 Å². The van der Waals surface area contributed by atoms with E-state index in [9.17, 15) is 18.0 Å². The molecule has 0 bridgehead atoms. The second-order valence-electron chi connectivity index (χ2n) is 2.97. The number of pyridine rings is 1. The molecule has 3 nitrogen and oxygen atoms in total. The molecular weight excluding hydrogens is 247 g/mol. The fourth-order valence-electron chi connectivity index (χ4n) is 1.27. The molecule has 0 spiro atoms. The molecule has 16 heavy (non-hydrogen) atoms. The number of hydrogen-bond donors (Lipinski definition) is 1. The number of hydrogen-bond acceptors (Lipinski definition) is 2. The summed E-state index contributed by atoms with van der Waals surface area (Å²) in [6.45, 7) is 0. The molecule has 88 valence electrons. The third kappa shape index (κ3) is 2.63. The Morgan fingerprint density at radius 2 is 2.19 bits per heavy atom. The van der Waals surface area contributed by atoms with E-state index in [2.05, 4.69) is 4.98 Å². The molecule has 0 saturated heterocycles. The predicted octanol–water partition coefficient (Wildman–Crippen LogP) is 2.52. The van der Waals surface area contributed by atoms with E-state index in [1.54, 1.807) is 0 Å². The van der Waals surface area contributed by atoms with Crippen LogP contribution in [-0.4, -0.2) is 16.1 Å². The Balaban J connectivity index is 3.30. The van der Waals surface area contributed by atoms with Crippen LogP contribution in [0.4, 0.5) is 13.2 Å². The van der Waals surface area contributed by atoms with Crippen molar-refractivity contribution in [2.24, 2.45) is 0 Å². The topological polar surface area (TPSA) is 50.2 Å². The largest absolute Gasteiger partial charge is 0.481 e. The van der Waals surface area contributed by atoms with Gasteiger partial charge in [0.1, 0.15) is 0 Å². The summed E-state index contributed by atoms with van der Waals surface area (Å²) in [5.41, 5.74) is -1.13. The van der Waals surface area contributed by atoms with Gasteiger partial charge >= 0.3 is 5.97 Å². The number of aliphatic carboxylic acids is 1. The van der Waals surface area contributed by atoms with Crippen molar-refractivity contribution < 1.29 is 23.1 Å². The van der Waals surface area contributed by atoms with Crippen LogP contribution < -0.4 is 0 Å². The third-order valence-electron chi connectivity index (χ3n) is 1.96. The molecule has 1 rings (SSSR count). The number of nitrogens with zero attached hydrogens (tertiary/aromatic N) is 1. The lowest BCUT2D eigenvalue weighted by molar-refractivity contribution is -0.136. The SMILES string of the molecule is O=C(O)Cc1cnc(F)c(C(F)F)c1CCl. The van der Waals surface area contributed by atoms with Crippen molar-refractivity contribution in [1.82, 2.24) is 4.98 Å². The number of rotatable bonds is 4. The van der Waals surface area contributed by atoms with Crippen molar-refractivity contribution >= 4 is 17.6 Å². The van der Waals surface area contributed by atoms with Gasteiger partial charge in [0.25, 0.3) is 6.43 Å². The summed E-state index contributed by atoms with van der Waals surface area (Å²) in [6.07, 6.45) is -2.68. The van der Waals surface area contributed by atoms with E-state index in [-0.39, 0.29) is 17.0 Å². The minimum absolute atomic E-state index is 0.000741. The lowest BCUT2D eigenvalue weighted by Crippen LogP contribution is -2.09. The molecule has 1 aromatic heterocycles. The molecule has 0 fully saturated rings. The van der Waals surface area contributed by atoms with Crippen LogP contribution >= 0.6 is 11.6 Å². The summed E-state index contributed by atoms with van der Waals surface area (Å²) < 4.78 is 38.0. The fraction of sp³-hybridized carbons (Fsp3) is 0.333. The number of carbonyl (C=O) groups is 1. The minimum atomic E-state index is -3.07. The van der Waals surface area contributed by atoms with E-state index in [1.165, 1.54) is 0 Å². The van der Waals surface area contributed by atoms with Gasteiger partial charge in [-0.15, -0.1) is 11.6 Å². The Kier molecular flexibility index (Phi) is 4.12. The van der Waals surface area contributed by atoms with Crippen LogP contribution in [-0.2, 0) is 17.1 Å². The number of halogens is 4. The number of alkyl halides is 3. The third-order valence-corrected chi connectivity index (χ3v) is 2.23. The first-order valence-corrected chi connectivity index (χ1v) is 4.72. The van der Waals surface area contributed by atoms with Gasteiger partial charge in [-0.25, -0.2) is 13.8 Å². The first-order valence-electron chi connectivity index (χ1n) is 4.19. The van der Waals surface area contributed by atoms with Crippen molar-refractivity contribution in [2.45, 2.75) is 18.7 Å². The van der Waals surface area contributed by atoms with Crippen LogP contribution in [0.15, 0.2) is 6.20 Å². The molecule has 1 N–H and O–H groups in total. The predicted molar refractivity (Wildman–Crippen MR) is 50.0 cm³/mol. The molecule has 0 radical (unpaired) electrons. The van der Waals surface area contributed by atoms with Crippen molar-refractivity contribution in [3.8, 4) is 0 Å². The molecule has 0 amide bonds. The second-order valence-corrected chi connectivity index (χ2v) is 3.24. The average molecular weight is 254 g/mol. The molecule has 0 atom stereocenters.